The Morgan fingerprint density at radius 2 is 2.22 bits per heavy atom. The van der Waals surface area contributed by atoms with E-state index in [0.29, 0.717) is 12.4 Å². The zero-order valence-corrected chi connectivity index (χ0v) is 9.99. The number of nitro groups is 1. The van der Waals surface area contributed by atoms with Crippen LogP contribution in [0.4, 0.5) is 11.6 Å². The Labute approximate surface area is 103 Å². The molecule has 2 aromatic rings. The highest BCUT2D eigenvalue weighted by Gasteiger charge is 2.25. The van der Waals surface area contributed by atoms with Gasteiger partial charge in [0, 0.05) is 18.9 Å². The zero-order valence-electron chi connectivity index (χ0n) is 9.99. The molecule has 0 unspecified atom stereocenters. The Balaban J connectivity index is 2.73. The molecule has 8 heteroatoms. The highest BCUT2D eigenvalue weighted by atomic mass is 16.6. The van der Waals surface area contributed by atoms with Crippen LogP contribution in [0.2, 0.25) is 0 Å². The predicted octanol–water partition coefficient (Wildman–Crippen LogP) is 1.16. The Bertz CT molecular complexity index is 606. The Kier molecular flexibility index (Phi) is 2.92. The van der Waals surface area contributed by atoms with Gasteiger partial charge in [0.25, 0.3) is 0 Å². The van der Waals surface area contributed by atoms with Crippen LogP contribution in [-0.2, 0) is 6.54 Å². The van der Waals surface area contributed by atoms with E-state index in [4.69, 9.17) is 5.73 Å². The third-order valence-electron chi connectivity index (χ3n) is 2.53. The maximum Gasteiger partial charge on any atom is 0.319 e. The summed E-state index contributed by atoms with van der Waals surface area (Å²) in [6.45, 7) is 4.07. The molecule has 0 saturated heterocycles. The van der Waals surface area contributed by atoms with Crippen LogP contribution in [0.1, 0.15) is 12.6 Å². The first-order valence-electron chi connectivity index (χ1n) is 5.34. The van der Waals surface area contributed by atoms with Gasteiger partial charge in [0.15, 0.2) is 11.5 Å². The van der Waals surface area contributed by atoms with Crippen molar-refractivity contribution in [1.29, 1.82) is 0 Å². The number of nitrogens with zero attached hydrogens (tertiary/aromatic N) is 5. The summed E-state index contributed by atoms with van der Waals surface area (Å²) >= 11 is 0. The molecule has 18 heavy (non-hydrogen) atoms. The summed E-state index contributed by atoms with van der Waals surface area (Å²) in [5.74, 6) is 0.417. The summed E-state index contributed by atoms with van der Waals surface area (Å²) in [4.78, 5) is 22.4. The SMILES string of the molecule is CCn1ccnc1-c1nc(N)nc(C)c1[N+](=O)[O-]. The maximum absolute atomic E-state index is 11.1. The molecule has 0 aliphatic rings. The molecule has 0 atom stereocenters. The lowest BCUT2D eigenvalue weighted by molar-refractivity contribution is -0.385. The van der Waals surface area contributed by atoms with E-state index in [1.165, 1.54) is 6.92 Å². The summed E-state index contributed by atoms with van der Waals surface area (Å²) in [6.07, 6.45) is 3.29. The van der Waals surface area contributed by atoms with Crippen molar-refractivity contribution in [2.75, 3.05) is 5.73 Å². The van der Waals surface area contributed by atoms with Crippen LogP contribution >= 0.6 is 0 Å². The van der Waals surface area contributed by atoms with Crippen LogP contribution in [0.5, 0.6) is 0 Å². The average Bonchev–Trinajstić information content (AvgIpc) is 2.74. The monoisotopic (exact) mass is 248 g/mol. The predicted molar refractivity (Wildman–Crippen MR) is 64.7 cm³/mol. The summed E-state index contributed by atoms with van der Waals surface area (Å²) < 4.78 is 1.76. The van der Waals surface area contributed by atoms with Crippen molar-refractivity contribution in [2.24, 2.45) is 0 Å². The molecule has 0 aromatic carbocycles. The van der Waals surface area contributed by atoms with Crippen molar-refractivity contribution in [2.45, 2.75) is 20.4 Å². The Morgan fingerprint density at radius 3 is 2.83 bits per heavy atom. The van der Waals surface area contributed by atoms with E-state index < -0.39 is 4.92 Å². The van der Waals surface area contributed by atoms with Gasteiger partial charge in [0.1, 0.15) is 5.69 Å². The van der Waals surface area contributed by atoms with Crippen molar-refractivity contribution in [3.05, 3.63) is 28.2 Å². The third kappa shape index (κ3) is 1.88. The average molecular weight is 248 g/mol. The Hall–Kier alpha value is -2.51. The highest BCUT2D eigenvalue weighted by Crippen LogP contribution is 2.29. The van der Waals surface area contributed by atoms with E-state index in [2.05, 4.69) is 15.0 Å². The van der Waals surface area contributed by atoms with E-state index in [1.807, 2.05) is 6.92 Å². The van der Waals surface area contributed by atoms with Crippen molar-refractivity contribution in [3.8, 4) is 11.5 Å². The number of nitrogen functional groups attached to an aromatic ring is 1. The quantitative estimate of drug-likeness (QED) is 0.644. The molecule has 0 aliphatic carbocycles. The van der Waals surface area contributed by atoms with Crippen molar-refractivity contribution < 1.29 is 4.92 Å². The van der Waals surface area contributed by atoms with Gasteiger partial charge in [-0.2, -0.15) is 0 Å². The van der Waals surface area contributed by atoms with Crippen LogP contribution in [0.3, 0.4) is 0 Å². The largest absolute Gasteiger partial charge is 0.368 e. The van der Waals surface area contributed by atoms with Crippen LogP contribution in [0.25, 0.3) is 11.5 Å². The molecule has 94 valence electrons. The molecule has 0 bridgehead atoms. The van der Waals surface area contributed by atoms with Crippen molar-refractivity contribution in [1.82, 2.24) is 19.5 Å². The second-order valence-corrected chi connectivity index (χ2v) is 3.66. The lowest BCUT2D eigenvalue weighted by atomic mass is 10.2. The fourth-order valence-electron chi connectivity index (χ4n) is 1.74. The molecular weight excluding hydrogens is 236 g/mol. The first-order valence-corrected chi connectivity index (χ1v) is 5.34. The number of imidazole rings is 1. The zero-order chi connectivity index (χ0) is 13.3. The number of rotatable bonds is 3. The molecule has 0 aliphatic heterocycles. The van der Waals surface area contributed by atoms with Crippen LogP contribution in [0.15, 0.2) is 12.4 Å². The summed E-state index contributed by atoms with van der Waals surface area (Å²) in [6, 6.07) is 0. The van der Waals surface area contributed by atoms with Gasteiger partial charge in [-0.1, -0.05) is 0 Å². The first kappa shape index (κ1) is 12.0. The molecule has 0 amide bonds. The van der Waals surface area contributed by atoms with E-state index in [-0.39, 0.29) is 23.0 Å². The van der Waals surface area contributed by atoms with Crippen LogP contribution in [-0.4, -0.2) is 24.4 Å². The van der Waals surface area contributed by atoms with Gasteiger partial charge >= 0.3 is 5.69 Å². The highest BCUT2D eigenvalue weighted by molar-refractivity contribution is 5.66. The molecule has 0 spiro atoms. The molecule has 2 aromatic heterocycles. The molecule has 0 fully saturated rings. The van der Waals surface area contributed by atoms with Gasteiger partial charge < -0.3 is 10.3 Å². The van der Waals surface area contributed by atoms with Crippen LogP contribution < -0.4 is 5.73 Å². The van der Waals surface area contributed by atoms with Gasteiger partial charge in [-0.05, 0) is 13.8 Å². The minimum atomic E-state index is -0.515. The lowest BCUT2D eigenvalue weighted by Crippen LogP contribution is -2.07. The number of hydrogen-bond donors (Lipinski definition) is 1. The smallest absolute Gasteiger partial charge is 0.319 e. The minimum absolute atomic E-state index is 0.00115. The van der Waals surface area contributed by atoms with Crippen molar-refractivity contribution >= 4 is 11.6 Å². The number of aryl methyl sites for hydroxylation is 2. The van der Waals surface area contributed by atoms with Gasteiger partial charge in [-0.3, -0.25) is 10.1 Å². The fourth-order valence-corrected chi connectivity index (χ4v) is 1.74. The summed E-state index contributed by atoms with van der Waals surface area (Å²) in [5.41, 5.74) is 5.76. The van der Waals surface area contributed by atoms with Crippen molar-refractivity contribution in [3.63, 3.8) is 0 Å². The molecule has 0 saturated carbocycles. The molecule has 0 radical (unpaired) electrons. The summed E-state index contributed by atoms with van der Waals surface area (Å²) in [5, 5.41) is 11.1. The van der Waals surface area contributed by atoms with E-state index in [1.54, 1.807) is 17.0 Å². The molecule has 2 rings (SSSR count). The third-order valence-corrected chi connectivity index (χ3v) is 2.53. The number of aromatic nitrogens is 4. The van der Waals surface area contributed by atoms with Gasteiger partial charge in [-0.15, -0.1) is 0 Å². The molecule has 2 N–H and O–H groups in total. The standard InChI is InChI=1S/C10H12N6O2/c1-3-15-5-4-12-9(15)7-8(16(17)18)6(2)13-10(11)14-7/h4-5H,3H2,1-2H3,(H2,11,13,14). The van der Waals surface area contributed by atoms with Gasteiger partial charge in [0.2, 0.25) is 5.95 Å². The second kappa shape index (κ2) is 4.40. The first-order chi connectivity index (χ1) is 8.54. The van der Waals surface area contributed by atoms with Gasteiger partial charge in [-0.25, -0.2) is 15.0 Å². The lowest BCUT2D eigenvalue weighted by Gasteiger charge is -2.06. The molecule has 8 nitrogen and oxygen atoms in total. The van der Waals surface area contributed by atoms with Crippen LogP contribution in [0, 0.1) is 17.0 Å². The number of hydrogen-bond acceptors (Lipinski definition) is 6. The maximum atomic E-state index is 11.1. The minimum Gasteiger partial charge on any atom is -0.368 e. The normalized spacial score (nSPS) is 10.6. The topological polar surface area (TPSA) is 113 Å². The molecular formula is C10H12N6O2. The number of nitrogens with two attached hydrogens (primary N) is 1. The van der Waals surface area contributed by atoms with E-state index in [0.717, 1.165) is 0 Å². The van der Waals surface area contributed by atoms with E-state index >= 15 is 0 Å². The van der Waals surface area contributed by atoms with E-state index in [9.17, 15) is 10.1 Å². The fraction of sp³-hybridized carbons (Fsp3) is 0.300. The summed E-state index contributed by atoms with van der Waals surface area (Å²) in [7, 11) is 0. The second-order valence-electron chi connectivity index (χ2n) is 3.66. The van der Waals surface area contributed by atoms with Gasteiger partial charge in [0.05, 0.1) is 4.92 Å². The Morgan fingerprint density at radius 1 is 1.50 bits per heavy atom. The number of anilines is 1. The molecule has 2 heterocycles.